The summed E-state index contributed by atoms with van der Waals surface area (Å²) in [5.41, 5.74) is 2.88. The standard InChI is InChI=1S/C16H14N2O2/c1-2-11-6-8-12(9-7-11)16-17-15(18-20-16)13-4-3-5-14(19)10-13/h3-10,19H,2H2,1H3. The van der Waals surface area contributed by atoms with Crippen LogP contribution in [0.1, 0.15) is 12.5 Å². The molecule has 4 heteroatoms. The normalized spacial score (nSPS) is 10.7. The van der Waals surface area contributed by atoms with E-state index in [1.165, 1.54) is 5.56 Å². The van der Waals surface area contributed by atoms with E-state index in [2.05, 4.69) is 17.1 Å². The lowest BCUT2D eigenvalue weighted by Crippen LogP contribution is -1.82. The summed E-state index contributed by atoms with van der Waals surface area (Å²) in [5.74, 6) is 1.13. The van der Waals surface area contributed by atoms with Gasteiger partial charge in [0, 0.05) is 11.1 Å². The molecule has 0 saturated heterocycles. The lowest BCUT2D eigenvalue weighted by molar-refractivity contribution is 0.432. The molecule has 2 aromatic carbocycles. The number of benzene rings is 2. The molecule has 0 spiro atoms. The van der Waals surface area contributed by atoms with Crippen LogP contribution >= 0.6 is 0 Å². The fraction of sp³-hybridized carbons (Fsp3) is 0.125. The van der Waals surface area contributed by atoms with Crippen LogP contribution in [0.2, 0.25) is 0 Å². The van der Waals surface area contributed by atoms with E-state index in [0.717, 1.165) is 17.5 Å². The van der Waals surface area contributed by atoms with Crippen molar-refractivity contribution in [2.24, 2.45) is 0 Å². The Balaban J connectivity index is 1.93. The van der Waals surface area contributed by atoms with Gasteiger partial charge in [0.05, 0.1) is 0 Å². The lowest BCUT2D eigenvalue weighted by Gasteiger charge is -1.97. The van der Waals surface area contributed by atoms with Gasteiger partial charge < -0.3 is 9.63 Å². The van der Waals surface area contributed by atoms with Gasteiger partial charge in [-0.15, -0.1) is 0 Å². The Labute approximate surface area is 116 Å². The van der Waals surface area contributed by atoms with Crippen molar-refractivity contribution in [3.05, 3.63) is 54.1 Å². The van der Waals surface area contributed by atoms with Crippen LogP contribution in [0.25, 0.3) is 22.8 Å². The highest BCUT2D eigenvalue weighted by Crippen LogP contribution is 2.24. The number of aryl methyl sites for hydroxylation is 1. The maximum atomic E-state index is 9.47. The second kappa shape index (κ2) is 5.17. The molecule has 0 aliphatic heterocycles. The topological polar surface area (TPSA) is 59.2 Å². The molecular weight excluding hydrogens is 252 g/mol. The first-order valence-corrected chi connectivity index (χ1v) is 6.48. The fourth-order valence-corrected chi connectivity index (χ4v) is 1.99. The van der Waals surface area contributed by atoms with Crippen molar-refractivity contribution in [1.82, 2.24) is 10.1 Å². The number of hydrogen-bond donors (Lipinski definition) is 1. The summed E-state index contributed by atoms with van der Waals surface area (Å²) in [7, 11) is 0. The maximum Gasteiger partial charge on any atom is 0.258 e. The summed E-state index contributed by atoms with van der Waals surface area (Å²) in [6.45, 7) is 2.11. The third kappa shape index (κ3) is 2.40. The molecule has 3 aromatic rings. The predicted molar refractivity (Wildman–Crippen MR) is 76.2 cm³/mol. The summed E-state index contributed by atoms with van der Waals surface area (Å²) in [5, 5.41) is 13.4. The summed E-state index contributed by atoms with van der Waals surface area (Å²) in [4.78, 5) is 4.36. The molecule has 0 atom stereocenters. The van der Waals surface area contributed by atoms with Crippen LogP contribution in [0.15, 0.2) is 53.1 Å². The summed E-state index contributed by atoms with van der Waals surface area (Å²) >= 11 is 0. The van der Waals surface area contributed by atoms with Crippen molar-refractivity contribution < 1.29 is 9.63 Å². The van der Waals surface area contributed by atoms with Gasteiger partial charge in [-0.05, 0) is 36.2 Å². The Bertz CT molecular complexity index is 717. The van der Waals surface area contributed by atoms with E-state index in [1.807, 2.05) is 30.3 Å². The van der Waals surface area contributed by atoms with Crippen LogP contribution in [-0.4, -0.2) is 15.2 Å². The monoisotopic (exact) mass is 266 g/mol. The molecule has 1 heterocycles. The number of aromatic hydroxyl groups is 1. The Kier molecular flexibility index (Phi) is 3.21. The van der Waals surface area contributed by atoms with Crippen LogP contribution in [-0.2, 0) is 6.42 Å². The summed E-state index contributed by atoms with van der Waals surface area (Å²) in [6.07, 6.45) is 0.999. The van der Waals surface area contributed by atoms with Gasteiger partial charge in [-0.2, -0.15) is 4.98 Å². The van der Waals surface area contributed by atoms with Gasteiger partial charge in [-0.25, -0.2) is 0 Å². The van der Waals surface area contributed by atoms with E-state index in [1.54, 1.807) is 18.2 Å². The first-order chi connectivity index (χ1) is 9.76. The SMILES string of the molecule is CCc1ccc(-c2nc(-c3cccc(O)c3)no2)cc1. The minimum atomic E-state index is 0.182. The predicted octanol–water partition coefficient (Wildman–Crippen LogP) is 3.67. The molecule has 1 N–H and O–H groups in total. The fourth-order valence-electron chi connectivity index (χ4n) is 1.99. The second-order valence-corrected chi connectivity index (χ2v) is 4.52. The molecule has 0 aliphatic rings. The van der Waals surface area contributed by atoms with Gasteiger partial charge in [-0.1, -0.05) is 36.3 Å². The average Bonchev–Trinajstić information content (AvgIpc) is 2.97. The third-order valence-corrected chi connectivity index (χ3v) is 3.14. The van der Waals surface area contributed by atoms with Crippen molar-refractivity contribution in [1.29, 1.82) is 0 Å². The van der Waals surface area contributed by atoms with E-state index in [9.17, 15) is 5.11 Å². The number of aromatic nitrogens is 2. The van der Waals surface area contributed by atoms with E-state index in [0.29, 0.717) is 11.7 Å². The van der Waals surface area contributed by atoms with Gasteiger partial charge in [0.2, 0.25) is 5.82 Å². The van der Waals surface area contributed by atoms with Crippen LogP contribution in [0.4, 0.5) is 0 Å². The average molecular weight is 266 g/mol. The van der Waals surface area contributed by atoms with Gasteiger partial charge in [-0.3, -0.25) is 0 Å². The van der Waals surface area contributed by atoms with E-state index < -0.39 is 0 Å². The molecule has 0 radical (unpaired) electrons. The maximum absolute atomic E-state index is 9.47. The van der Waals surface area contributed by atoms with Gasteiger partial charge in [0.25, 0.3) is 5.89 Å². The molecule has 4 nitrogen and oxygen atoms in total. The highest BCUT2D eigenvalue weighted by Gasteiger charge is 2.10. The molecule has 0 saturated carbocycles. The summed E-state index contributed by atoms with van der Waals surface area (Å²) < 4.78 is 5.28. The highest BCUT2D eigenvalue weighted by atomic mass is 16.5. The molecule has 0 amide bonds. The molecule has 100 valence electrons. The highest BCUT2D eigenvalue weighted by molar-refractivity contribution is 5.61. The quantitative estimate of drug-likeness (QED) is 0.785. The largest absolute Gasteiger partial charge is 0.508 e. The molecule has 3 rings (SSSR count). The third-order valence-electron chi connectivity index (χ3n) is 3.14. The van der Waals surface area contributed by atoms with Crippen molar-refractivity contribution >= 4 is 0 Å². The number of hydrogen-bond acceptors (Lipinski definition) is 4. The van der Waals surface area contributed by atoms with Gasteiger partial charge >= 0.3 is 0 Å². The second-order valence-electron chi connectivity index (χ2n) is 4.52. The Morgan fingerprint density at radius 1 is 1.05 bits per heavy atom. The molecule has 0 aliphatic carbocycles. The van der Waals surface area contributed by atoms with Crippen molar-refractivity contribution in [3.8, 4) is 28.6 Å². The number of rotatable bonds is 3. The minimum Gasteiger partial charge on any atom is -0.508 e. The van der Waals surface area contributed by atoms with Crippen molar-refractivity contribution in [3.63, 3.8) is 0 Å². The van der Waals surface area contributed by atoms with Crippen LogP contribution < -0.4 is 0 Å². The van der Waals surface area contributed by atoms with Gasteiger partial charge in [0.1, 0.15) is 5.75 Å². The first kappa shape index (κ1) is 12.4. The zero-order valence-electron chi connectivity index (χ0n) is 11.1. The van der Waals surface area contributed by atoms with E-state index in [4.69, 9.17) is 4.52 Å². The molecule has 0 unspecified atom stereocenters. The Morgan fingerprint density at radius 3 is 2.55 bits per heavy atom. The first-order valence-electron chi connectivity index (χ1n) is 6.48. The summed E-state index contributed by atoms with van der Waals surface area (Å²) in [6, 6.07) is 14.8. The van der Waals surface area contributed by atoms with Crippen LogP contribution in [0, 0.1) is 0 Å². The van der Waals surface area contributed by atoms with Crippen molar-refractivity contribution in [2.45, 2.75) is 13.3 Å². The molecular formula is C16H14N2O2. The van der Waals surface area contributed by atoms with Crippen molar-refractivity contribution in [2.75, 3.05) is 0 Å². The van der Waals surface area contributed by atoms with Gasteiger partial charge in [0.15, 0.2) is 0 Å². The zero-order valence-corrected chi connectivity index (χ0v) is 11.1. The van der Waals surface area contributed by atoms with E-state index >= 15 is 0 Å². The lowest BCUT2D eigenvalue weighted by atomic mass is 10.1. The minimum absolute atomic E-state index is 0.182. The van der Waals surface area contributed by atoms with Crippen LogP contribution in [0.3, 0.4) is 0 Å². The molecule has 0 fully saturated rings. The molecule has 0 bridgehead atoms. The Morgan fingerprint density at radius 2 is 1.85 bits per heavy atom. The molecule has 1 aromatic heterocycles. The van der Waals surface area contributed by atoms with E-state index in [-0.39, 0.29) is 5.75 Å². The zero-order chi connectivity index (χ0) is 13.9. The Hall–Kier alpha value is -2.62. The molecule has 20 heavy (non-hydrogen) atoms. The number of phenolic OH excluding ortho intramolecular Hbond substituents is 1. The number of nitrogens with zero attached hydrogens (tertiary/aromatic N) is 2. The smallest absolute Gasteiger partial charge is 0.258 e. The van der Waals surface area contributed by atoms with Crippen LogP contribution in [0.5, 0.6) is 5.75 Å². The number of phenols is 1.